The second-order valence-electron chi connectivity index (χ2n) is 6.57. The number of carbonyl (C=O) groups excluding carboxylic acids is 1. The lowest BCUT2D eigenvalue weighted by molar-refractivity contribution is -0.154. The van der Waals surface area contributed by atoms with Crippen LogP contribution in [0, 0.1) is 11.3 Å². The summed E-state index contributed by atoms with van der Waals surface area (Å²) in [4.78, 5) is 28.1. The molecule has 2 aliphatic heterocycles. The van der Waals surface area contributed by atoms with Crippen molar-refractivity contribution in [3.05, 3.63) is 18.0 Å². The molecule has 120 valence electrons. The number of fused-ring (bicyclic) bond motifs is 1. The lowest BCUT2D eigenvalue weighted by atomic mass is 9.73. The van der Waals surface area contributed by atoms with E-state index in [9.17, 15) is 14.7 Å². The minimum absolute atomic E-state index is 0.0406. The monoisotopic (exact) mass is 306 g/mol. The number of aromatic nitrogens is 2. The third kappa shape index (κ3) is 2.61. The summed E-state index contributed by atoms with van der Waals surface area (Å²) in [5, 5.41) is 16.3. The van der Waals surface area contributed by atoms with Gasteiger partial charge in [0.2, 0.25) is 5.91 Å². The molecule has 3 rings (SSSR count). The van der Waals surface area contributed by atoms with E-state index in [1.54, 1.807) is 17.3 Å². The topological polar surface area (TPSA) is 89.5 Å². The molecule has 0 bridgehead atoms. The van der Waals surface area contributed by atoms with E-state index in [4.69, 9.17) is 0 Å². The van der Waals surface area contributed by atoms with E-state index < -0.39 is 11.4 Å². The molecule has 2 N–H and O–H groups in total. The average Bonchev–Trinajstić information content (AvgIpc) is 3.11. The van der Waals surface area contributed by atoms with Crippen molar-refractivity contribution in [2.24, 2.45) is 11.3 Å². The zero-order valence-electron chi connectivity index (χ0n) is 12.8. The third-order valence-corrected chi connectivity index (χ3v) is 5.07. The van der Waals surface area contributed by atoms with E-state index in [1.165, 1.54) is 0 Å². The average molecular weight is 306 g/mol. The number of hydrogen-bond donors (Lipinski definition) is 2. The van der Waals surface area contributed by atoms with E-state index in [1.807, 2.05) is 7.05 Å². The van der Waals surface area contributed by atoms with Crippen LogP contribution in [0.2, 0.25) is 0 Å². The van der Waals surface area contributed by atoms with Gasteiger partial charge in [0, 0.05) is 32.3 Å². The van der Waals surface area contributed by atoms with E-state index >= 15 is 0 Å². The van der Waals surface area contributed by atoms with Crippen molar-refractivity contribution in [3.63, 3.8) is 0 Å². The molecule has 1 aromatic rings. The molecule has 1 amide bonds. The summed E-state index contributed by atoms with van der Waals surface area (Å²) in [6.07, 6.45) is 5.37. The summed E-state index contributed by atoms with van der Waals surface area (Å²) >= 11 is 0. The highest BCUT2D eigenvalue weighted by atomic mass is 16.4. The molecule has 0 unspecified atom stereocenters. The molecule has 2 saturated heterocycles. The quantitative estimate of drug-likeness (QED) is 0.830. The van der Waals surface area contributed by atoms with Crippen LogP contribution in [0.1, 0.15) is 18.4 Å². The Bertz CT molecular complexity index is 559. The van der Waals surface area contributed by atoms with Gasteiger partial charge in [-0.1, -0.05) is 0 Å². The fourth-order valence-corrected chi connectivity index (χ4v) is 3.78. The van der Waals surface area contributed by atoms with Gasteiger partial charge in [-0.3, -0.25) is 14.7 Å². The SMILES string of the molecule is CN1CC[C@H]2CN(C(=O)CCc3cn[nH]c3)C[C@@]2(C(=O)O)C1. The fourth-order valence-electron chi connectivity index (χ4n) is 3.78. The summed E-state index contributed by atoms with van der Waals surface area (Å²) in [6.45, 7) is 2.33. The Kier molecular flexibility index (Phi) is 3.90. The zero-order valence-corrected chi connectivity index (χ0v) is 12.8. The first-order chi connectivity index (χ1) is 10.5. The molecule has 0 spiro atoms. The molecule has 0 saturated carbocycles. The van der Waals surface area contributed by atoms with Gasteiger partial charge in [0.25, 0.3) is 0 Å². The van der Waals surface area contributed by atoms with Crippen LogP contribution < -0.4 is 0 Å². The van der Waals surface area contributed by atoms with Crippen molar-refractivity contribution in [1.29, 1.82) is 0 Å². The molecule has 2 atom stereocenters. The first-order valence-electron chi connectivity index (χ1n) is 7.68. The highest BCUT2D eigenvalue weighted by Gasteiger charge is 2.55. The number of amides is 1. The highest BCUT2D eigenvalue weighted by Crippen LogP contribution is 2.42. The predicted molar refractivity (Wildman–Crippen MR) is 79.2 cm³/mol. The van der Waals surface area contributed by atoms with E-state index in [-0.39, 0.29) is 11.8 Å². The van der Waals surface area contributed by atoms with Crippen molar-refractivity contribution < 1.29 is 14.7 Å². The number of H-pyrrole nitrogens is 1. The number of nitrogens with one attached hydrogen (secondary N) is 1. The van der Waals surface area contributed by atoms with Crippen LogP contribution in [-0.2, 0) is 16.0 Å². The minimum Gasteiger partial charge on any atom is -0.481 e. The fraction of sp³-hybridized carbons (Fsp3) is 0.667. The molecular weight excluding hydrogens is 284 g/mol. The lowest BCUT2D eigenvalue weighted by Gasteiger charge is -2.39. The second kappa shape index (κ2) is 5.72. The summed E-state index contributed by atoms with van der Waals surface area (Å²) in [5.41, 5.74) is 0.204. The molecule has 2 fully saturated rings. The Morgan fingerprint density at radius 2 is 2.32 bits per heavy atom. The van der Waals surface area contributed by atoms with Gasteiger partial charge in [0.05, 0.1) is 6.20 Å². The number of rotatable bonds is 4. The van der Waals surface area contributed by atoms with E-state index in [0.717, 1.165) is 18.5 Å². The van der Waals surface area contributed by atoms with Crippen molar-refractivity contribution in [1.82, 2.24) is 20.0 Å². The van der Waals surface area contributed by atoms with Crippen LogP contribution in [0.15, 0.2) is 12.4 Å². The summed E-state index contributed by atoms with van der Waals surface area (Å²) < 4.78 is 0. The molecule has 1 aromatic heterocycles. The van der Waals surface area contributed by atoms with Gasteiger partial charge in [-0.05, 0) is 37.9 Å². The van der Waals surface area contributed by atoms with Crippen molar-refractivity contribution in [3.8, 4) is 0 Å². The molecule has 0 aliphatic carbocycles. The number of nitrogens with zero attached hydrogens (tertiary/aromatic N) is 3. The van der Waals surface area contributed by atoms with Crippen LogP contribution in [0.4, 0.5) is 0 Å². The molecule has 7 nitrogen and oxygen atoms in total. The first kappa shape index (κ1) is 15.0. The molecule has 0 radical (unpaired) electrons. The van der Waals surface area contributed by atoms with Crippen molar-refractivity contribution >= 4 is 11.9 Å². The number of carbonyl (C=O) groups is 2. The number of aryl methyl sites for hydroxylation is 1. The zero-order chi connectivity index (χ0) is 15.7. The number of piperidine rings is 1. The Hall–Kier alpha value is -1.89. The van der Waals surface area contributed by atoms with Gasteiger partial charge >= 0.3 is 5.97 Å². The maximum absolute atomic E-state index is 12.4. The Morgan fingerprint density at radius 3 is 3.00 bits per heavy atom. The second-order valence-corrected chi connectivity index (χ2v) is 6.57. The summed E-state index contributed by atoms with van der Waals surface area (Å²) in [5.74, 6) is -0.660. The Balaban J connectivity index is 1.66. The van der Waals surface area contributed by atoms with Crippen LogP contribution in [0.25, 0.3) is 0 Å². The van der Waals surface area contributed by atoms with Gasteiger partial charge in [-0.15, -0.1) is 0 Å². The van der Waals surface area contributed by atoms with Crippen LogP contribution in [0.5, 0.6) is 0 Å². The maximum Gasteiger partial charge on any atom is 0.313 e. The number of aromatic amines is 1. The third-order valence-electron chi connectivity index (χ3n) is 5.07. The van der Waals surface area contributed by atoms with Gasteiger partial charge < -0.3 is 14.9 Å². The Morgan fingerprint density at radius 1 is 1.50 bits per heavy atom. The number of likely N-dealkylation sites (tertiary alicyclic amines) is 2. The number of carboxylic acids is 1. The highest BCUT2D eigenvalue weighted by molar-refractivity contribution is 5.81. The number of aliphatic carboxylic acids is 1. The lowest BCUT2D eigenvalue weighted by Crippen LogP contribution is -2.52. The standard InChI is InChI=1S/C15H22N4O3/c1-18-5-4-12-8-19(10-15(12,9-18)14(21)22)13(20)3-2-11-6-16-17-7-11/h6-7,12H,2-5,8-10H2,1H3,(H,16,17)(H,21,22)/t12-,15-/m0/s1. The van der Waals surface area contributed by atoms with Crippen LogP contribution in [-0.4, -0.2) is 70.2 Å². The minimum atomic E-state index is -0.793. The largest absolute Gasteiger partial charge is 0.481 e. The smallest absolute Gasteiger partial charge is 0.313 e. The summed E-state index contributed by atoms with van der Waals surface area (Å²) in [7, 11) is 1.95. The van der Waals surface area contributed by atoms with Crippen molar-refractivity contribution in [2.45, 2.75) is 19.3 Å². The normalized spacial score (nSPS) is 28.6. The van der Waals surface area contributed by atoms with Crippen LogP contribution >= 0.6 is 0 Å². The van der Waals surface area contributed by atoms with Crippen molar-refractivity contribution in [2.75, 3.05) is 33.2 Å². The number of carboxylic acid groups (broad SMARTS) is 1. The molecule has 7 heteroatoms. The molecule has 22 heavy (non-hydrogen) atoms. The van der Waals surface area contributed by atoms with Gasteiger partial charge in [0.15, 0.2) is 0 Å². The summed E-state index contributed by atoms with van der Waals surface area (Å²) in [6, 6.07) is 0. The molecule has 0 aromatic carbocycles. The van der Waals surface area contributed by atoms with Gasteiger partial charge in [-0.25, -0.2) is 0 Å². The molecule has 3 heterocycles. The first-order valence-corrected chi connectivity index (χ1v) is 7.68. The number of hydrogen-bond acceptors (Lipinski definition) is 4. The van der Waals surface area contributed by atoms with Crippen LogP contribution in [0.3, 0.4) is 0 Å². The molecular formula is C15H22N4O3. The Labute approximate surface area is 129 Å². The van der Waals surface area contributed by atoms with E-state index in [0.29, 0.717) is 32.5 Å². The van der Waals surface area contributed by atoms with E-state index in [2.05, 4.69) is 15.1 Å². The predicted octanol–water partition coefficient (Wildman–Crippen LogP) is 0.207. The van der Waals surface area contributed by atoms with Gasteiger partial charge in [0.1, 0.15) is 5.41 Å². The van der Waals surface area contributed by atoms with Gasteiger partial charge in [-0.2, -0.15) is 5.10 Å². The maximum atomic E-state index is 12.4. The molecule has 2 aliphatic rings.